The molecule has 0 spiro atoms. The van der Waals surface area contributed by atoms with Crippen LogP contribution in [0.5, 0.6) is 0 Å². The molecule has 1 aliphatic rings. The Bertz CT molecular complexity index is 553. The van der Waals surface area contributed by atoms with Crippen molar-refractivity contribution in [2.75, 3.05) is 4.90 Å². The first kappa shape index (κ1) is 12.7. The van der Waals surface area contributed by atoms with Gasteiger partial charge in [0, 0.05) is 11.4 Å². The van der Waals surface area contributed by atoms with E-state index >= 15 is 0 Å². The van der Waals surface area contributed by atoms with Crippen molar-refractivity contribution in [2.24, 2.45) is 0 Å². The van der Waals surface area contributed by atoms with E-state index in [0.29, 0.717) is 0 Å². The number of para-hydroxylation sites is 2. The van der Waals surface area contributed by atoms with Gasteiger partial charge >= 0.3 is 0 Å². The molecule has 2 aromatic carbocycles. The van der Waals surface area contributed by atoms with Crippen LogP contribution < -0.4 is 4.90 Å². The highest BCUT2D eigenvalue weighted by Gasteiger charge is 2.40. The molecule has 0 atom stereocenters. The number of hydrogen-bond acceptors (Lipinski definition) is 2. The van der Waals surface area contributed by atoms with E-state index in [1.54, 1.807) is 0 Å². The van der Waals surface area contributed by atoms with Crippen LogP contribution in [0, 0.1) is 11.3 Å². The molecule has 0 saturated heterocycles. The summed E-state index contributed by atoms with van der Waals surface area (Å²) in [5.74, 6) is 0. The third kappa shape index (κ3) is 2.16. The van der Waals surface area contributed by atoms with E-state index in [4.69, 9.17) is 0 Å². The van der Waals surface area contributed by atoms with E-state index in [1.165, 1.54) is 0 Å². The summed E-state index contributed by atoms with van der Waals surface area (Å²) in [7, 11) is 0. The number of anilines is 2. The fourth-order valence-corrected chi connectivity index (χ4v) is 3.14. The van der Waals surface area contributed by atoms with Gasteiger partial charge in [-0.15, -0.1) is 0 Å². The Morgan fingerprint density at radius 3 is 1.65 bits per heavy atom. The lowest BCUT2D eigenvalue weighted by Crippen LogP contribution is -2.42. The Kier molecular flexibility index (Phi) is 3.43. The number of nitrogens with zero attached hydrogens (tertiary/aromatic N) is 2. The number of rotatable bonds is 3. The predicted octanol–water partition coefficient (Wildman–Crippen LogP) is 4.66. The highest BCUT2D eigenvalue weighted by Crippen LogP contribution is 2.42. The van der Waals surface area contributed by atoms with Crippen molar-refractivity contribution in [3.8, 4) is 6.07 Å². The molecule has 100 valence electrons. The summed E-state index contributed by atoms with van der Waals surface area (Å²) in [4.78, 5) is 2.22. The van der Waals surface area contributed by atoms with E-state index in [9.17, 15) is 5.26 Å². The zero-order valence-corrected chi connectivity index (χ0v) is 11.5. The van der Waals surface area contributed by atoms with Crippen LogP contribution in [0.2, 0.25) is 0 Å². The Morgan fingerprint density at radius 2 is 1.25 bits per heavy atom. The van der Waals surface area contributed by atoms with Crippen LogP contribution in [-0.2, 0) is 0 Å². The van der Waals surface area contributed by atoms with Crippen molar-refractivity contribution in [2.45, 2.75) is 31.2 Å². The minimum absolute atomic E-state index is 0.400. The fraction of sp³-hybridized carbons (Fsp3) is 0.278. The number of benzene rings is 2. The highest BCUT2D eigenvalue weighted by molar-refractivity contribution is 5.67. The Hall–Kier alpha value is -2.27. The van der Waals surface area contributed by atoms with Gasteiger partial charge in [0.2, 0.25) is 0 Å². The maximum atomic E-state index is 9.82. The summed E-state index contributed by atoms with van der Waals surface area (Å²) >= 11 is 0. The molecule has 1 aliphatic carbocycles. The zero-order chi connectivity index (χ0) is 13.8. The zero-order valence-electron chi connectivity index (χ0n) is 11.5. The van der Waals surface area contributed by atoms with Gasteiger partial charge in [-0.2, -0.15) is 5.26 Å². The minimum atomic E-state index is -0.400. The van der Waals surface area contributed by atoms with Gasteiger partial charge < -0.3 is 4.90 Å². The molecule has 1 saturated carbocycles. The fourth-order valence-electron chi connectivity index (χ4n) is 3.14. The average molecular weight is 262 g/mol. The van der Waals surface area contributed by atoms with Gasteiger partial charge in [-0.3, -0.25) is 0 Å². The molecule has 0 radical (unpaired) electrons. The van der Waals surface area contributed by atoms with Gasteiger partial charge in [0.25, 0.3) is 0 Å². The summed E-state index contributed by atoms with van der Waals surface area (Å²) in [6, 6.07) is 23.1. The molecular formula is C18H18N2. The maximum Gasteiger partial charge on any atom is 0.132 e. The van der Waals surface area contributed by atoms with Gasteiger partial charge in [-0.1, -0.05) is 36.4 Å². The van der Waals surface area contributed by atoms with Gasteiger partial charge in [-0.25, -0.2) is 0 Å². The molecule has 2 aromatic rings. The van der Waals surface area contributed by atoms with Crippen LogP contribution in [0.1, 0.15) is 25.7 Å². The van der Waals surface area contributed by atoms with Crippen LogP contribution in [0.15, 0.2) is 60.7 Å². The second kappa shape index (κ2) is 5.38. The summed E-state index contributed by atoms with van der Waals surface area (Å²) in [5, 5.41) is 9.82. The van der Waals surface area contributed by atoms with Crippen molar-refractivity contribution >= 4 is 11.4 Å². The molecule has 0 aliphatic heterocycles. The van der Waals surface area contributed by atoms with Gasteiger partial charge in [0.1, 0.15) is 5.54 Å². The summed E-state index contributed by atoms with van der Waals surface area (Å²) in [6.07, 6.45) is 4.13. The first-order valence-corrected chi connectivity index (χ1v) is 7.17. The lowest BCUT2D eigenvalue weighted by atomic mass is 9.95. The number of hydrogen-bond donors (Lipinski definition) is 0. The van der Waals surface area contributed by atoms with Crippen LogP contribution in [0.25, 0.3) is 0 Å². The molecule has 0 bridgehead atoms. The van der Waals surface area contributed by atoms with Crippen molar-refractivity contribution in [3.63, 3.8) is 0 Å². The maximum absolute atomic E-state index is 9.82. The van der Waals surface area contributed by atoms with Crippen LogP contribution >= 0.6 is 0 Å². The van der Waals surface area contributed by atoms with Crippen LogP contribution in [0.4, 0.5) is 11.4 Å². The topological polar surface area (TPSA) is 27.0 Å². The van der Waals surface area contributed by atoms with Crippen LogP contribution in [0.3, 0.4) is 0 Å². The van der Waals surface area contributed by atoms with Crippen LogP contribution in [-0.4, -0.2) is 5.54 Å². The van der Waals surface area contributed by atoms with Crippen molar-refractivity contribution < 1.29 is 0 Å². The van der Waals surface area contributed by atoms with Gasteiger partial charge in [-0.05, 0) is 49.9 Å². The van der Waals surface area contributed by atoms with Gasteiger partial charge in [0.15, 0.2) is 0 Å². The Labute approximate surface area is 120 Å². The van der Waals surface area contributed by atoms with E-state index in [2.05, 4.69) is 35.2 Å². The molecule has 0 N–H and O–H groups in total. The monoisotopic (exact) mass is 262 g/mol. The molecule has 0 unspecified atom stereocenters. The Morgan fingerprint density at radius 1 is 0.800 bits per heavy atom. The summed E-state index contributed by atoms with van der Waals surface area (Å²) < 4.78 is 0. The highest BCUT2D eigenvalue weighted by atomic mass is 15.2. The molecule has 3 rings (SSSR count). The Balaban J connectivity index is 2.12. The molecule has 2 heteroatoms. The quantitative estimate of drug-likeness (QED) is 0.804. The van der Waals surface area contributed by atoms with Crippen molar-refractivity contribution in [3.05, 3.63) is 60.7 Å². The van der Waals surface area contributed by atoms with E-state index < -0.39 is 5.54 Å². The van der Waals surface area contributed by atoms with Crippen molar-refractivity contribution in [1.82, 2.24) is 0 Å². The molecule has 2 nitrogen and oxygen atoms in total. The van der Waals surface area contributed by atoms with E-state index in [0.717, 1.165) is 37.1 Å². The SMILES string of the molecule is N#CC1(N(c2ccccc2)c2ccccc2)CCCC1. The molecule has 0 heterocycles. The van der Waals surface area contributed by atoms with E-state index in [1.807, 2.05) is 36.4 Å². The van der Waals surface area contributed by atoms with Gasteiger partial charge in [0.05, 0.1) is 6.07 Å². The normalized spacial score (nSPS) is 16.6. The lowest BCUT2D eigenvalue weighted by molar-refractivity contribution is 0.547. The van der Waals surface area contributed by atoms with Crippen molar-refractivity contribution in [1.29, 1.82) is 5.26 Å². The summed E-state index contributed by atoms with van der Waals surface area (Å²) in [6.45, 7) is 0. The summed E-state index contributed by atoms with van der Waals surface area (Å²) in [5.41, 5.74) is 1.80. The largest absolute Gasteiger partial charge is 0.322 e. The lowest BCUT2D eigenvalue weighted by Gasteiger charge is -2.38. The molecule has 20 heavy (non-hydrogen) atoms. The molecule has 1 fully saturated rings. The third-order valence-corrected chi connectivity index (χ3v) is 4.10. The predicted molar refractivity (Wildman–Crippen MR) is 81.8 cm³/mol. The first-order chi connectivity index (χ1) is 9.86. The molecule has 0 amide bonds. The standard InChI is InChI=1S/C18H18N2/c19-15-18(13-7-8-14-18)20(16-9-3-1-4-10-16)17-11-5-2-6-12-17/h1-6,9-12H,7-8,13-14H2. The molecule has 0 aromatic heterocycles. The second-order valence-corrected chi connectivity index (χ2v) is 5.36. The molecular weight excluding hydrogens is 244 g/mol. The first-order valence-electron chi connectivity index (χ1n) is 7.17. The third-order valence-electron chi connectivity index (χ3n) is 4.10. The van der Waals surface area contributed by atoms with E-state index in [-0.39, 0.29) is 0 Å². The number of nitriles is 1. The minimum Gasteiger partial charge on any atom is -0.322 e. The smallest absolute Gasteiger partial charge is 0.132 e. The second-order valence-electron chi connectivity index (χ2n) is 5.36. The average Bonchev–Trinajstić information content (AvgIpc) is 3.00.